The second-order valence-electron chi connectivity index (χ2n) is 4.44. The summed E-state index contributed by atoms with van der Waals surface area (Å²) < 4.78 is 4.69. The maximum atomic E-state index is 11.6. The first-order valence-corrected chi connectivity index (χ1v) is 6.89. The van der Waals surface area contributed by atoms with Gasteiger partial charge in [-0.25, -0.2) is 4.79 Å². The number of benzene rings is 2. The van der Waals surface area contributed by atoms with Gasteiger partial charge in [-0.1, -0.05) is 35.3 Å². The van der Waals surface area contributed by atoms with E-state index in [1.54, 1.807) is 24.3 Å². The minimum atomic E-state index is -0.502. The van der Waals surface area contributed by atoms with E-state index in [4.69, 9.17) is 33.7 Å². The zero-order valence-corrected chi connectivity index (χ0v) is 13.0. The predicted molar refractivity (Wildman–Crippen MR) is 86.7 cm³/mol. The Morgan fingerprint density at radius 1 is 1.24 bits per heavy atom. The van der Waals surface area contributed by atoms with Gasteiger partial charge in [0.2, 0.25) is 0 Å². The van der Waals surface area contributed by atoms with Gasteiger partial charge in [-0.05, 0) is 30.7 Å². The van der Waals surface area contributed by atoms with Crippen LogP contribution in [0, 0.1) is 6.92 Å². The van der Waals surface area contributed by atoms with Crippen LogP contribution >= 0.6 is 23.2 Å². The average molecular weight is 325 g/mol. The summed E-state index contributed by atoms with van der Waals surface area (Å²) >= 11 is 12.4. The van der Waals surface area contributed by atoms with Gasteiger partial charge >= 0.3 is 5.97 Å². The van der Waals surface area contributed by atoms with Gasteiger partial charge in [-0.15, -0.1) is 0 Å². The van der Waals surface area contributed by atoms with Gasteiger partial charge in [0, 0.05) is 0 Å². The van der Waals surface area contributed by atoms with Gasteiger partial charge in [0.1, 0.15) is 0 Å². The molecule has 0 radical (unpaired) electrons. The third-order valence-electron chi connectivity index (χ3n) is 3.06. The Bertz CT molecular complexity index is 702. The number of ether oxygens (including phenoxy) is 1. The summed E-state index contributed by atoms with van der Waals surface area (Å²) in [5, 5.41) is 4.04. The Labute approximate surface area is 132 Å². The highest BCUT2D eigenvalue weighted by Crippen LogP contribution is 2.37. The molecule has 21 heavy (non-hydrogen) atoms. The molecule has 0 atom stereocenters. The number of nitrogen functional groups attached to an aromatic ring is 1. The third kappa shape index (κ3) is 3.06. The summed E-state index contributed by atoms with van der Waals surface area (Å²) in [6.07, 6.45) is 0. The fourth-order valence-electron chi connectivity index (χ4n) is 1.87. The SMILES string of the molecule is COC(=O)c1cccc(Nc2c(Cl)ccc(C)c2Cl)c1N. The molecule has 0 unspecified atom stereocenters. The van der Waals surface area contributed by atoms with E-state index in [0.717, 1.165) is 5.56 Å². The van der Waals surface area contributed by atoms with Crippen LogP contribution in [-0.4, -0.2) is 13.1 Å². The number of nitrogens with two attached hydrogens (primary N) is 1. The van der Waals surface area contributed by atoms with E-state index >= 15 is 0 Å². The molecule has 3 N–H and O–H groups in total. The second-order valence-corrected chi connectivity index (χ2v) is 5.22. The number of hydrogen-bond donors (Lipinski definition) is 2. The summed E-state index contributed by atoms with van der Waals surface area (Å²) in [6.45, 7) is 1.87. The van der Waals surface area contributed by atoms with E-state index < -0.39 is 5.97 Å². The van der Waals surface area contributed by atoms with E-state index in [9.17, 15) is 4.79 Å². The van der Waals surface area contributed by atoms with Crippen molar-refractivity contribution in [1.29, 1.82) is 0 Å². The number of nitrogens with one attached hydrogen (secondary N) is 1. The van der Waals surface area contributed by atoms with Crippen molar-refractivity contribution in [3.8, 4) is 0 Å². The highest BCUT2D eigenvalue weighted by atomic mass is 35.5. The number of esters is 1. The maximum absolute atomic E-state index is 11.6. The normalized spacial score (nSPS) is 10.3. The number of halogens is 2. The summed E-state index contributed by atoms with van der Waals surface area (Å²) in [7, 11) is 1.30. The van der Waals surface area contributed by atoms with Crippen LogP contribution < -0.4 is 11.1 Å². The molecule has 0 spiro atoms. The molecule has 0 aliphatic rings. The van der Waals surface area contributed by atoms with Gasteiger partial charge in [-0.2, -0.15) is 0 Å². The second kappa shape index (κ2) is 6.24. The van der Waals surface area contributed by atoms with E-state index in [-0.39, 0.29) is 11.3 Å². The van der Waals surface area contributed by atoms with Crippen LogP contribution in [0.15, 0.2) is 30.3 Å². The number of carbonyl (C=O) groups is 1. The molecule has 0 aliphatic carbocycles. The Morgan fingerprint density at radius 3 is 2.62 bits per heavy atom. The molecule has 6 heteroatoms. The number of aryl methyl sites for hydroxylation is 1. The third-order valence-corrected chi connectivity index (χ3v) is 3.86. The minimum absolute atomic E-state index is 0.276. The lowest BCUT2D eigenvalue weighted by Crippen LogP contribution is -2.08. The van der Waals surface area contributed by atoms with Crippen molar-refractivity contribution in [3.05, 3.63) is 51.5 Å². The number of anilines is 3. The fraction of sp³-hybridized carbons (Fsp3) is 0.133. The molecular weight excluding hydrogens is 311 g/mol. The number of hydrogen-bond acceptors (Lipinski definition) is 4. The predicted octanol–water partition coefficient (Wildman–Crippen LogP) is 4.41. The molecule has 0 bridgehead atoms. The molecule has 0 aliphatic heterocycles. The molecule has 2 aromatic carbocycles. The zero-order valence-electron chi connectivity index (χ0n) is 11.5. The van der Waals surface area contributed by atoms with Crippen molar-refractivity contribution in [2.75, 3.05) is 18.2 Å². The molecular formula is C15H14Cl2N2O2. The van der Waals surface area contributed by atoms with Crippen LogP contribution in [0.1, 0.15) is 15.9 Å². The summed E-state index contributed by atoms with van der Waals surface area (Å²) in [5.74, 6) is -0.502. The van der Waals surface area contributed by atoms with Crippen molar-refractivity contribution < 1.29 is 9.53 Å². The lowest BCUT2D eigenvalue weighted by atomic mass is 10.1. The van der Waals surface area contributed by atoms with Crippen LogP contribution in [0.5, 0.6) is 0 Å². The van der Waals surface area contributed by atoms with Crippen LogP contribution in [0.2, 0.25) is 10.0 Å². The first-order valence-electron chi connectivity index (χ1n) is 6.14. The van der Waals surface area contributed by atoms with Gasteiger partial charge in [0.15, 0.2) is 0 Å². The van der Waals surface area contributed by atoms with Gasteiger partial charge in [0.25, 0.3) is 0 Å². The zero-order chi connectivity index (χ0) is 15.6. The van der Waals surface area contributed by atoms with Crippen molar-refractivity contribution in [3.63, 3.8) is 0 Å². The molecule has 0 amide bonds. The average Bonchev–Trinajstić information content (AvgIpc) is 2.48. The lowest BCUT2D eigenvalue weighted by molar-refractivity contribution is 0.0602. The molecule has 2 aromatic rings. The fourth-order valence-corrected chi connectivity index (χ4v) is 2.33. The Hall–Kier alpha value is -1.91. The molecule has 0 heterocycles. The van der Waals surface area contributed by atoms with Crippen LogP contribution in [0.4, 0.5) is 17.1 Å². The number of para-hydroxylation sites is 1. The number of carbonyl (C=O) groups excluding carboxylic acids is 1. The van der Waals surface area contributed by atoms with Crippen LogP contribution in [-0.2, 0) is 4.74 Å². The largest absolute Gasteiger partial charge is 0.465 e. The molecule has 110 valence electrons. The first kappa shape index (κ1) is 15.5. The van der Waals surface area contributed by atoms with Gasteiger partial charge in [0.05, 0.1) is 39.8 Å². The quantitative estimate of drug-likeness (QED) is 0.648. The van der Waals surface area contributed by atoms with Crippen molar-refractivity contribution in [2.45, 2.75) is 6.92 Å². The molecule has 2 rings (SSSR count). The topological polar surface area (TPSA) is 64.3 Å². The van der Waals surface area contributed by atoms with E-state index in [0.29, 0.717) is 21.4 Å². The Morgan fingerprint density at radius 2 is 1.95 bits per heavy atom. The van der Waals surface area contributed by atoms with Crippen LogP contribution in [0.25, 0.3) is 0 Å². The van der Waals surface area contributed by atoms with Crippen LogP contribution in [0.3, 0.4) is 0 Å². The van der Waals surface area contributed by atoms with Gasteiger partial charge < -0.3 is 15.8 Å². The lowest BCUT2D eigenvalue weighted by Gasteiger charge is -2.15. The minimum Gasteiger partial charge on any atom is -0.465 e. The van der Waals surface area contributed by atoms with E-state index in [2.05, 4.69) is 5.32 Å². The molecule has 0 saturated heterocycles. The van der Waals surface area contributed by atoms with Crippen molar-refractivity contribution in [2.24, 2.45) is 0 Å². The number of rotatable bonds is 3. The van der Waals surface area contributed by atoms with E-state index in [1.165, 1.54) is 7.11 Å². The Balaban J connectivity index is 2.46. The monoisotopic (exact) mass is 324 g/mol. The first-order chi connectivity index (χ1) is 9.95. The smallest absolute Gasteiger partial charge is 0.340 e. The summed E-state index contributed by atoms with van der Waals surface area (Å²) in [5.41, 5.74) is 8.52. The van der Waals surface area contributed by atoms with E-state index in [1.807, 2.05) is 13.0 Å². The number of methoxy groups -OCH3 is 1. The van der Waals surface area contributed by atoms with Crippen molar-refractivity contribution in [1.82, 2.24) is 0 Å². The molecule has 0 aromatic heterocycles. The maximum Gasteiger partial charge on any atom is 0.340 e. The molecule has 4 nitrogen and oxygen atoms in total. The molecule has 0 fully saturated rings. The summed E-state index contributed by atoms with van der Waals surface area (Å²) in [6, 6.07) is 8.58. The summed E-state index contributed by atoms with van der Waals surface area (Å²) in [4.78, 5) is 11.6. The van der Waals surface area contributed by atoms with Gasteiger partial charge in [-0.3, -0.25) is 0 Å². The Kier molecular flexibility index (Phi) is 4.60. The molecule has 0 saturated carbocycles. The highest BCUT2D eigenvalue weighted by molar-refractivity contribution is 6.39. The highest BCUT2D eigenvalue weighted by Gasteiger charge is 2.15. The standard InChI is InChI=1S/C15H14Cl2N2O2/c1-8-6-7-10(16)14(12(8)17)19-11-5-3-4-9(13(11)18)15(20)21-2/h3-7,19H,18H2,1-2H3. The van der Waals surface area contributed by atoms with Crippen molar-refractivity contribution >= 4 is 46.2 Å².